The Bertz CT molecular complexity index is 615. The largest absolute Gasteiger partial charge is 0.399 e. The molecule has 0 saturated carbocycles. The average molecular weight is 285 g/mol. The van der Waals surface area contributed by atoms with Crippen molar-refractivity contribution >= 4 is 21.4 Å². The number of hydrogen-bond acceptors (Lipinski definition) is 4. The third-order valence-corrected chi connectivity index (χ3v) is 5.48. The van der Waals surface area contributed by atoms with Crippen molar-refractivity contribution in [3.63, 3.8) is 0 Å². The minimum absolute atomic E-state index is 0.0828. The lowest BCUT2D eigenvalue weighted by molar-refractivity contribution is 0.542. The van der Waals surface area contributed by atoms with Gasteiger partial charge in [-0.05, 0) is 24.6 Å². The van der Waals surface area contributed by atoms with E-state index in [1.165, 1.54) is 18.2 Å². The van der Waals surface area contributed by atoms with Gasteiger partial charge in [0.05, 0.1) is 11.8 Å². The molecule has 19 heavy (non-hydrogen) atoms. The number of rotatable bonds is 2. The van der Waals surface area contributed by atoms with Gasteiger partial charge in [0.15, 0.2) is 9.84 Å². The Balaban J connectivity index is 2.39. The number of nitrogen functional groups attached to an aromatic ring is 1. The second-order valence-corrected chi connectivity index (χ2v) is 6.85. The molecule has 0 unspecified atom stereocenters. The van der Waals surface area contributed by atoms with Gasteiger partial charge in [-0.1, -0.05) is 6.92 Å². The van der Waals surface area contributed by atoms with Crippen molar-refractivity contribution in [1.82, 2.24) is 5.32 Å². The van der Waals surface area contributed by atoms with Crippen LogP contribution in [0.15, 0.2) is 18.2 Å². The van der Waals surface area contributed by atoms with Crippen molar-refractivity contribution in [1.29, 1.82) is 5.41 Å². The first-order valence-electron chi connectivity index (χ1n) is 5.96. The summed E-state index contributed by atoms with van der Waals surface area (Å²) in [5, 5.41) is 9.70. The van der Waals surface area contributed by atoms with Crippen molar-refractivity contribution in [2.45, 2.75) is 24.6 Å². The number of benzene rings is 1. The molecular formula is C12H16FN3O2S. The summed E-state index contributed by atoms with van der Waals surface area (Å²) < 4.78 is 37.9. The van der Waals surface area contributed by atoms with Crippen molar-refractivity contribution < 1.29 is 12.8 Å². The van der Waals surface area contributed by atoms with E-state index in [9.17, 15) is 12.8 Å². The summed E-state index contributed by atoms with van der Waals surface area (Å²) >= 11 is 0. The zero-order valence-electron chi connectivity index (χ0n) is 10.5. The molecule has 104 valence electrons. The highest BCUT2D eigenvalue weighted by Crippen LogP contribution is 2.27. The van der Waals surface area contributed by atoms with Gasteiger partial charge in [-0.2, -0.15) is 0 Å². The number of sulfone groups is 1. The molecule has 1 aliphatic rings. The molecule has 4 N–H and O–H groups in total. The van der Waals surface area contributed by atoms with Gasteiger partial charge >= 0.3 is 0 Å². The van der Waals surface area contributed by atoms with Crippen LogP contribution in [0, 0.1) is 11.2 Å². The van der Waals surface area contributed by atoms with Gasteiger partial charge in [0, 0.05) is 11.3 Å². The molecule has 5 nitrogen and oxygen atoms in total. The minimum atomic E-state index is -3.44. The van der Waals surface area contributed by atoms with Crippen molar-refractivity contribution in [2.75, 3.05) is 11.5 Å². The van der Waals surface area contributed by atoms with Gasteiger partial charge in [-0.15, -0.1) is 0 Å². The number of hydrogen-bond donors (Lipinski definition) is 3. The molecule has 0 amide bonds. The lowest BCUT2D eigenvalue weighted by atomic mass is 10.1. The van der Waals surface area contributed by atoms with Crippen LogP contribution < -0.4 is 11.1 Å². The van der Waals surface area contributed by atoms with Gasteiger partial charge in [0.1, 0.15) is 16.9 Å². The van der Waals surface area contributed by atoms with Crippen LogP contribution in [0.3, 0.4) is 0 Å². The average Bonchev–Trinajstić information content (AvgIpc) is 2.30. The molecule has 1 saturated heterocycles. The minimum Gasteiger partial charge on any atom is -0.399 e. The van der Waals surface area contributed by atoms with Gasteiger partial charge in [-0.3, -0.25) is 5.41 Å². The molecule has 1 fully saturated rings. The van der Waals surface area contributed by atoms with E-state index >= 15 is 0 Å². The van der Waals surface area contributed by atoms with Gasteiger partial charge in [0.2, 0.25) is 0 Å². The van der Waals surface area contributed by atoms with Gasteiger partial charge in [0.25, 0.3) is 0 Å². The molecule has 1 heterocycles. The molecule has 0 bridgehead atoms. The van der Waals surface area contributed by atoms with Crippen molar-refractivity contribution in [3.8, 4) is 0 Å². The first kappa shape index (κ1) is 13.8. The molecule has 2 atom stereocenters. The highest BCUT2D eigenvalue weighted by molar-refractivity contribution is 7.92. The van der Waals surface area contributed by atoms with Crippen LogP contribution in [0.5, 0.6) is 0 Å². The van der Waals surface area contributed by atoms with Crippen LogP contribution in [-0.4, -0.2) is 25.3 Å². The number of nitrogens with one attached hydrogen (secondary N) is 2. The maximum atomic E-state index is 13.8. The van der Waals surface area contributed by atoms with Crippen LogP contribution in [0.25, 0.3) is 0 Å². The van der Waals surface area contributed by atoms with Gasteiger partial charge in [-0.25, -0.2) is 12.8 Å². The third kappa shape index (κ3) is 2.56. The van der Waals surface area contributed by atoms with Crippen molar-refractivity contribution in [3.05, 3.63) is 29.6 Å². The topological polar surface area (TPSA) is 96.0 Å². The molecule has 0 radical (unpaired) electrons. The van der Waals surface area contributed by atoms with Crippen LogP contribution in [-0.2, 0) is 9.84 Å². The van der Waals surface area contributed by atoms with E-state index < -0.39 is 26.9 Å². The van der Waals surface area contributed by atoms with E-state index in [0.717, 1.165) is 0 Å². The van der Waals surface area contributed by atoms with E-state index in [2.05, 4.69) is 5.32 Å². The molecule has 1 aromatic rings. The SMILES string of the molecule is CC[C@@H]1C(=N)N[C@H](c2cc(N)ccc2F)CS1(=O)=O. The zero-order valence-corrected chi connectivity index (χ0v) is 11.3. The monoisotopic (exact) mass is 285 g/mol. The Morgan fingerprint density at radius 2 is 2.21 bits per heavy atom. The van der Waals surface area contributed by atoms with E-state index in [1.54, 1.807) is 6.92 Å². The Morgan fingerprint density at radius 3 is 2.79 bits per heavy atom. The Morgan fingerprint density at radius 1 is 1.53 bits per heavy atom. The Hall–Kier alpha value is -1.63. The third-order valence-electron chi connectivity index (χ3n) is 3.25. The number of amidine groups is 1. The maximum absolute atomic E-state index is 13.8. The summed E-state index contributed by atoms with van der Waals surface area (Å²) in [6.45, 7) is 1.71. The van der Waals surface area contributed by atoms with Crippen LogP contribution in [0.4, 0.5) is 10.1 Å². The molecule has 0 aliphatic carbocycles. The van der Waals surface area contributed by atoms with E-state index in [1.807, 2.05) is 0 Å². The van der Waals surface area contributed by atoms with Crippen LogP contribution >= 0.6 is 0 Å². The number of nitrogens with two attached hydrogens (primary N) is 1. The normalized spacial score (nSPS) is 25.9. The van der Waals surface area contributed by atoms with E-state index in [-0.39, 0.29) is 17.2 Å². The van der Waals surface area contributed by atoms with Crippen molar-refractivity contribution in [2.24, 2.45) is 0 Å². The zero-order chi connectivity index (χ0) is 14.2. The molecular weight excluding hydrogens is 269 g/mol. The van der Waals surface area contributed by atoms with E-state index in [4.69, 9.17) is 11.1 Å². The Labute approximate surface area is 111 Å². The van der Waals surface area contributed by atoms with Gasteiger partial charge < -0.3 is 11.1 Å². The number of halogens is 1. The first-order valence-corrected chi connectivity index (χ1v) is 7.68. The Kier molecular flexibility index (Phi) is 3.49. The highest BCUT2D eigenvalue weighted by Gasteiger charge is 2.38. The maximum Gasteiger partial charge on any atom is 0.162 e. The summed E-state index contributed by atoms with van der Waals surface area (Å²) in [5.41, 5.74) is 6.14. The fourth-order valence-electron chi connectivity index (χ4n) is 2.31. The molecule has 2 rings (SSSR count). The second kappa shape index (κ2) is 4.80. The highest BCUT2D eigenvalue weighted by atomic mass is 32.2. The fraction of sp³-hybridized carbons (Fsp3) is 0.417. The predicted molar refractivity (Wildman–Crippen MR) is 72.3 cm³/mol. The standard InChI is InChI=1S/C12H16FN3O2S/c1-2-11-12(15)16-10(6-19(11,17)18)8-5-7(14)3-4-9(8)13/h3-5,10-11H,2,6,14H2,1H3,(H2,15,16)/t10-,11+/m0/s1. The summed E-state index contributed by atoms with van der Waals surface area (Å²) in [6.07, 6.45) is 0.334. The second-order valence-electron chi connectivity index (χ2n) is 4.62. The first-order chi connectivity index (χ1) is 8.85. The lowest BCUT2D eigenvalue weighted by Gasteiger charge is -2.31. The fourth-order valence-corrected chi connectivity index (χ4v) is 4.20. The van der Waals surface area contributed by atoms with Crippen LogP contribution in [0.1, 0.15) is 24.9 Å². The summed E-state index contributed by atoms with van der Waals surface area (Å²) in [4.78, 5) is 0. The van der Waals surface area contributed by atoms with E-state index in [0.29, 0.717) is 12.1 Å². The lowest BCUT2D eigenvalue weighted by Crippen LogP contribution is -2.50. The molecule has 0 aromatic heterocycles. The summed E-state index contributed by atoms with van der Waals surface area (Å²) in [5.74, 6) is -0.834. The number of anilines is 1. The predicted octanol–water partition coefficient (Wildman–Crippen LogP) is 1.22. The quantitative estimate of drug-likeness (QED) is 0.712. The molecule has 7 heteroatoms. The smallest absolute Gasteiger partial charge is 0.162 e. The van der Waals surface area contributed by atoms with Crippen LogP contribution in [0.2, 0.25) is 0 Å². The summed E-state index contributed by atoms with van der Waals surface area (Å²) in [6, 6.07) is 3.26. The summed E-state index contributed by atoms with van der Waals surface area (Å²) in [7, 11) is -3.44. The molecule has 1 aliphatic heterocycles. The molecule has 1 aromatic carbocycles. The molecule has 0 spiro atoms.